The minimum atomic E-state index is -3.93. The van der Waals surface area contributed by atoms with Gasteiger partial charge in [-0.15, -0.1) is 12.4 Å². The van der Waals surface area contributed by atoms with Gasteiger partial charge in [-0.1, -0.05) is 24.3 Å². The first kappa shape index (κ1) is 21.9. The highest BCUT2D eigenvalue weighted by Gasteiger charge is 2.21. The second-order valence-corrected chi connectivity index (χ2v) is 7.96. The molecule has 0 aliphatic carbocycles. The highest BCUT2D eigenvalue weighted by Crippen LogP contribution is 2.21. The number of aromatic nitrogens is 1. The summed E-state index contributed by atoms with van der Waals surface area (Å²) in [5.41, 5.74) is 7.43. The topological polar surface area (TPSA) is 146 Å². The summed E-state index contributed by atoms with van der Waals surface area (Å²) < 4.78 is 26.5. The van der Waals surface area contributed by atoms with Crippen LogP contribution in [0.1, 0.15) is 27.7 Å². The van der Waals surface area contributed by atoms with Crippen molar-refractivity contribution >= 4 is 34.2 Å². The average molecular weight is 428 g/mol. The number of rotatable bonds is 7. The fraction of sp³-hybridized carbons (Fsp3) is 0.294. The standard InChI is InChI=1S/C17H21N5O4S.ClH/c18-17(24)14-7-12(8-20-14)27(25,26)22-10-16(23)21-9-15-13-4-2-1-3-11(13)5-6-19-15;/h1-4,7-8,15,19-20,22H,5-6,9-10H2,(H2,18,24)(H,21,23);1H. The third-order valence-electron chi connectivity index (χ3n) is 4.37. The van der Waals surface area contributed by atoms with Gasteiger partial charge in [0, 0.05) is 18.8 Å². The van der Waals surface area contributed by atoms with Crippen molar-refractivity contribution in [3.63, 3.8) is 0 Å². The number of H-pyrrole nitrogens is 1. The molecule has 0 radical (unpaired) electrons. The molecule has 0 saturated heterocycles. The second kappa shape index (κ2) is 9.20. The van der Waals surface area contributed by atoms with E-state index in [1.807, 2.05) is 18.2 Å². The predicted molar refractivity (Wildman–Crippen MR) is 106 cm³/mol. The molecule has 152 valence electrons. The molecule has 1 aliphatic heterocycles. The van der Waals surface area contributed by atoms with Crippen LogP contribution in [0.25, 0.3) is 0 Å². The molecule has 3 rings (SSSR count). The first-order chi connectivity index (χ1) is 12.9. The van der Waals surface area contributed by atoms with Gasteiger partial charge in [0.25, 0.3) is 5.91 Å². The Hall–Kier alpha value is -2.40. The minimum Gasteiger partial charge on any atom is -0.364 e. The molecule has 11 heteroatoms. The van der Waals surface area contributed by atoms with Crippen LogP contribution in [0, 0.1) is 0 Å². The van der Waals surface area contributed by atoms with Gasteiger partial charge < -0.3 is 21.4 Å². The number of sulfonamides is 1. The van der Waals surface area contributed by atoms with E-state index in [0.29, 0.717) is 6.54 Å². The van der Waals surface area contributed by atoms with Crippen molar-refractivity contribution in [3.05, 3.63) is 53.3 Å². The smallest absolute Gasteiger partial charge is 0.265 e. The van der Waals surface area contributed by atoms with E-state index in [2.05, 4.69) is 26.4 Å². The Morgan fingerprint density at radius 3 is 2.71 bits per heavy atom. The Labute approximate surface area is 168 Å². The monoisotopic (exact) mass is 427 g/mol. The lowest BCUT2D eigenvalue weighted by Crippen LogP contribution is -2.42. The van der Waals surface area contributed by atoms with Gasteiger partial charge in [-0.25, -0.2) is 13.1 Å². The summed E-state index contributed by atoms with van der Waals surface area (Å²) in [5, 5.41) is 6.07. The SMILES string of the molecule is Cl.NC(=O)c1cc(S(=O)(=O)NCC(=O)NCC2NCCc3ccccc32)c[nH]1. The van der Waals surface area contributed by atoms with Crippen LogP contribution >= 0.6 is 12.4 Å². The number of halogens is 1. The van der Waals surface area contributed by atoms with Gasteiger partial charge in [-0.2, -0.15) is 0 Å². The zero-order chi connectivity index (χ0) is 19.4. The predicted octanol–water partition coefficient (Wildman–Crippen LogP) is -0.183. The molecule has 6 N–H and O–H groups in total. The molecule has 1 atom stereocenters. The molecule has 0 spiro atoms. The Morgan fingerprint density at radius 1 is 1.25 bits per heavy atom. The number of nitrogens with two attached hydrogens (primary N) is 1. The number of nitrogens with one attached hydrogen (secondary N) is 4. The lowest BCUT2D eigenvalue weighted by molar-refractivity contribution is -0.120. The fourth-order valence-electron chi connectivity index (χ4n) is 2.97. The van der Waals surface area contributed by atoms with Crippen LogP contribution in [-0.2, 0) is 21.2 Å². The van der Waals surface area contributed by atoms with Crippen molar-refractivity contribution in [2.45, 2.75) is 17.4 Å². The van der Waals surface area contributed by atoms with E-state index < -0.39 is 28.4 Å². The molecular weight excluding hydrogens is 406 g/mol. The van der Waals surface area contributed by atoms with Crippen LogP contribution in [0.4, 0.5) is 0 Å². The molecule has 1 aliphatic rings. The van der Waals surface area contributed by atoms with Crippen LogP contribution in [0.5, 0.6) is 0 Å². The summed E-state index contributed by atoms with van der Waals surface area (Å²) in [6.07, 6.45) is 2.08. The lowest BCUT2D eigenvalue weighted by atomic mass is 9.94. The van der Waals surface area contributed by atoms with Crippen molar-refractivity contribution < 1.29 is 18.0 Å². The molecular formula is C17H22ClN5O4S. The summed E-state index contributed by atoms with van der Waals surface area (Å²) in [4.78, 5) is 25.4. The van der Waals surface area contributed by atoms with Crippen LogP contribution in [-0.4, -0.2) is 44.9 Å². The summed E-state index contributed by atoms with van der Waals surface area (Å²) in [7, 11) is -3.93. The first-order valence-corrected chi connectivity index (χ1v) is 9.91. The van der Waals surface area contributed by atoms with E-state index in [1.54, 1.807) is 0 Å². The van der Waals surface area contributed by atoms with E-state index in [1.165, 1.54) is 5.56 Å². The zero-order valence-corrected chi connectivity index (χ0v) is 16.5. The summed E-state index contributed by atoms with van der Waals surface area (Å²) in [5.74, 6) is -1.22. The first-order valence-electron chi connectivity index (χ1n) is 8.42. The normalized spacial score (nSPS) is 15.9. The van der Waals surface area contributed by atoms with Gasteiger partial charge in [0.15, 0.2) is 0 Å². The van der Waals surface area contributed by atoms with E-state index in [-0.39, 0.29) is 29.0 Å². The van der Waals surface area contributed by atoms with Crippen molar-refractivity contribution in [1.82, 2.24) is 20.3 Å². The number of benzene rings is 1. The molecule has 9 nitrogen and oxygen atoms in total. The minimum absolute atomic E-state index is 0. The number of aromatic amines is 1. The largest absolute Gasteiger partial charge is 0.364 e. The molecule has 0 bridgehead atoms. The molecule has 1 aromatic carbocycles. The van der Waals surface area contributed by atoms with Gasteiger partial charge in [0.2, 0.25) is 15.9 Å². The number of fused-ring (bicyclic) bond motifs is 1. The summed E-state index contributed by atoms with van der Waals surface area (Å²) >= 11 is 0. The fourth-order valence-corrected chi connectivity index (χ4v) is 3.94. The van der Waals surface area contributed by atoms with Gasteiger partial charge in [-0.3, -0.25) is 9.59 Å². The van der Waals surface area contributed by atoms with Crippen molar-refractivity contribution in [2.75, 3.05) is 19.6 Å². The Kier molecular flexibility index (Phi) is 7.19. The van der Waals surface area contributed by atoms with Crippen LogP contribution in [0.2, 0.25) is 0 Å². The Bertz CT molecular complexity index is 960. The number of hydrogen-bond acceptors (Lipinski definition) is 5. The molecule has 2 aromatic rings. The Balaban J connectivity index is 0.00000280. The van der Waals surface area contributed by atoms with Crippen molar-refractivity contribution in [1.29, 1.82) is 0 Å². The van der Waals surface area contributed by atoms with Crippen LogP contribution in [0.15, 0.2) is 41.4 Å². The second-order valence-electron chi connectivity index (χ2n) is 6.20. The molecule has 2 heterocycles. The quantitative estimate of drug-likeness (QED) is 0.416. The molecule has 1 aromatic heterocycles. The summed E-state index contributed by atoms with van der Waals surface area (Å²) in [6.45, 7) is 0.765. The van der Waals surface area contributed by atoms with Gasteiger partial charge >= 0.3 is 0 Å². The number of carbonyl (C=O) groups excluding carboxylic acids is 2. The van der Waals surface area contributed by atoms with E-state index in [0.717, 1.165) is 30.8 Å². The lowest BCUT2D eigenvalue weighted by Gasteiger charge is -2.27. The van der Waals surface area contributed by atoms with Crippen molar-refractivity contribution in [2.24, 2.45) is 5.73 Å². The molecule has 0 fully saturated rings. The molecule has 2 amide bonds. The zero-order valence-electron chi connectivity index (χ0n) is 14.9. The number of amides is 2. The molecule has 1 unspecified atom stereocenters. The summed E-state index contributed by atoms with van der Waals surface area (Å²) in [6, 6.07) is 9.12. The maximum absolute atomic E-state index is 12.2. The van der Waals surface area contributed by atoms with Gasteiger partial charge in [-0.05, 0) is 30.2 Å². The Morgan fingerprint density at radius 2 is 2.00 bits per heavy atom. The maximum Gasteiger partial charge on any atom is 0.265 e. The van der Waals surface area contributed by atoms with E-state index in [4.69, 9.17) is 5.73 Å². The molecule has 0 saturated carbocycles. The highest BCUT2D eigenvalue weighted by atomic mass is 35.5. The number of primary amides is 1. The van der Waals surface area contributed by atoms with Gasteiger partial charge in [0.05, 0.1) is 6.54 Å². The number of hydrogen-bond donors (Lipinski definition) is 5. The number of carbonyl (C=O) groups is 2. The molecule has 28 heavy (non-hydrogen) atoms. The average Bonchev–Trinajstić information content (AvgIpc) is 3.16. The third-order valence-corrected chi connectivity index (χ3v) is 5.75. The maximum atomic E-state index is 12.2. The van der Waals surface area contributed by atoms with E-state index in [9.17, 15) is 18.0 Å². The van der Waals surface area contributed by atoms with Crippen molar-refractivity contribution in [3.8, 4) is 0 Å². The van der Waals surface area contributed by atoms with Crippen LogP contribution in [0.3, 0.4) is 0 Å². The third kappa shape index (κ3) is 5.10. The van der Waals surface area contributed by atoms with E-state index >= 15 is 0 Å². The highest BCUT2D eigenvalue weighted by molar-refractivity contribution is 7.89. The van der Waals surface area contributed by atoms with Gasteiger partial charge in [0.1, 0.15) is 10.6 Å². The van der Waals surface area contributed by atoms with Crippen LogP contribution < -0.4 is 21.1 Å².